The van der Waals surface area contributed by atoms with Gasteiger partial charge >= 0.3 is 12.1 Å². The van der Waals surface area contributed by atoms with Crippen LogP contribution < -0.4 is 0 Å². The van der Waals surface area contributed by atoms with E-state index in [1.807, 2.05) is 0 Å². The van der Waals surface area contributed by atoms with E-state index in [0.717, 1.165) is 6.07 Å². The summed E-state index contributed by atoms with van der Waals surface area (Å²) in [5, 5.41) is 0. The van der Waals surface area contributed by atoms with Crippen LogP contribution in [0.4, 0.5) is 13.2 Å². The molecule has 0 spiro atoms. The molecule has 2 nitrogen and oxygen atoms in total. The van der Waals surface area contributed by atoms with Crippen LogP contribution in [0.3, 0.4) is 0 Å². The number of benzene rings is 1. The largest absolute Gasteiger partial charge is 0.417 e. The topological polar surface area (TPSA) is 26.3 Å². The molecule has 88 valence electrons. The Balaban J connectivity index is 3.51. The highest BCUT2D eigenvalue weighted by atomic mass is 79.9. The van der Waals surface area contributed by atoms with Gasteiger partial charge in [0.1, 0.15) is 0 Å². The summed E-state index contributed by atoms with van der Waals surface area (Å²) in [6, 6.07) is 2.20. The maximum absolute atomic E-state index is 12.6. The number of carbonyl (C=O) groups is 1. The van der Waals surface area contributed by atoms with Crippen molar-refractivity contribution < 1.29 is 21.8 Å². The predicted octanol–water partition coefficient (Wildman–Crippen LogP) is 3.79. The third-order valence-corrected chi connectivity index (χ3v) is 2.61. The van der Waals surface area contributed by atoms with Crippen molar-refractivity contribution in [2.45, 2.75) is 20.0 Å². The van der Waals surface area contributed by atoms with Gasteiger partial charge in [-0.3, -0.25) is 0 Å². The number of carbonyl (C=O) groups excluding carboxylic acids is 1. The quantitative estimate of drug-likeness (QED) is 0.788. The number of aryl methyl sites for hydroxylation is 1. The van der Waals surface area contributed by atoms with Crippen molar-refractivity contribution in [2.24, 2.45) is 0 Å². The van der Waals surface area contributed by atoms with E-state index in [1.54, 1.807) is 6.92 Å². The fraction of sp³-hybridized carbons (Fsp3) is 0.300. The number of hydrogen-bond donors (Lipinski definition) is 0. The van der Waals surface area contributed by atoms with Gasteiger partial charge < -0.3 is 3.83 Å². The molecule has 0 saturated heterocycles. The molecule has 1 aromatic rings. The summed E-state index contributed by atoms with van der Waals surface area (Å²) in [7, 11) is 0. The molecule has 0 fully saturated rings. The summed E-state index contributed by atoms with van der Waals surface area (Å²) in [6.07, 6.45) is -4.57. The Morgan fingerprint density at radius 1 is 1.31 bits per heavy atom. The molecule has 0 unspecified atom stereocenters. The lowest BCUT2D eigenvalue weighted by atomic mass is 9.97. The number of hydrogen-bond acceptors (Lipinski definition) is 2. The van der Waals surface area contributed by atoms with Crippen LogP contribution in [0.5, 0.6) is 0 Å². The molecular formula is C10H8BrF3O2. The molecule has 0 amide bonds. The highest BCUT2D eigenvalue weighted by Gasteiger charge is 2.36. The van der Waals surface area contributed by atoms with Crippen LogP contribution in [-0.4, -0.2) is 5.97 Å². The van der Waals surface area contributed by atoms with Crippen molar-refractivity contribution in [3.63, 3.8) is 0 Å². The van der Waals surface area contributed by atoms with E-state index in [4.69, 9.17) is 0 Å². The molecule has 0 N–H and O–H groups in total. The minimum absolute atomic E-state index is 0.263. The highest BCUT2D eigenvalue weighted by Crippen LogP contribution is 2.34. The molecule has 0 radical (unpaired) electrons. The SMILES string of the molecule is Cc1ccc(C(F)(F)F)c(C(=O)OBr)c1C. The number of halogens is 4. The summed E-state index contributed by atoms with van der Waals surface area (Å²) in [5.41, 5.74) is -0.579. The lowest BCUT2D eigenvalue weighted by Gasteiger charge is -2.14. The maximum atomic E-state index is 12.6. The minimum Gasteiger partial charge on any atom is -0.380 e. The van der Waals surface area contributed by atoms with Crippen LogP contribution in [0.15, 0.2) is 12.1 Å². The maximum Gasteiger partial charge on any atom is 0.417 e. The molecule has 0 saturated carbocycles. The molecule has 0 aliphatic heterocycles. The molecule has 6 heteroatoms. The third kappa shape index (κ3) is 2.37. The summed E-state index contributed by atoms with van der Waals surface area (Å²) < 4.78 is 42.1. The van der Waals surface area contributed by atoms with Crippen LogP contribution in [0.1, 0.15) is 27.0 Å². The molecule has 0 atom stereocenters. The van der Waals surface area contributed by atoms with E-state index in [2.05, 4.69) is 20.1 Å². The van der Waals surface area contributed by atoms with Crippen molar-refractivity contribution in [1.29, 1.82) is 0 Å². The van der Waals surface area contributed by atoms with Crippen molar-refractivity contribution in [1.82, 2.24) is 0 Å². The van der Waals surface area contributed by atoms with E-state index in [-0.39, 0.29) is 5.56 Å². The van der Waals surface area contributed by atoms with Crippen LogP contribution in [0.2, 0.25) is 0 Å². The Labute approximate surface area is 98.9 Å². The van der Waals surface area contributed by atoms with Gasteiger partial charge in [0.05, 0.1) is 11.1 Å². The molecule has 1 rings (SSSR count). The first-order valence-corrected chi connectivity index (χ1v) is 4.94. The van der Waals surface area contributed by atoms with E-state index in [0.29, 0.717) is 5.56 Å². The van der Waals surface area contributed by atoms with Crippen LogP contribution in [0.25, 0.3) is 0 Å². The fourth-order valence-corrected chi connectivity index (χ4v) is 1.52. The first-order valence-electron chi connectivity index (χ1n) is 4.29. The van der Waals surface area contributed by atoms with Gasteiger partial charge in [-0.2, -0.15) is 13.2 Å². The summed E-state index contributed by atoms with van der Waals surface area (Å²) in [6.45, 7) is 3.07. The molecule has 0 aliphatic rings. The van der Waals surface area contributed by atoms with Gasteiger partial charge in [0, 0.05) is 0 Å². The molecule has 0 bridgehead atoms. The van der Waals surface area contributed by atoms with Gasteiger partial charge in [0.15, 0.2) is 16.3 Å². The molecule has 1 aromatic carbocycles. The molecule has 0 heterocycles. The second kappa shape index (κ2) is 4.45. The lowest BCUT2D eigenvalue weighted by Crippen LogP contribution is -2.15. The first-order chi connectivity index (χ1) is 7.29. The Hall–Kier alpha value is -1.04. The van der Waals surface area contributed by atoms with Gasteiger partial charge in [-0.25, -0.2) is 4.79 Å². The van der Waals surface area contributed by atoms with E-state index >= 15 is 0 Å². The third-order valence-electron chi connectivity index (χ3n) is 2.32. The Bertz CT molecular complexity index is 427. The Kier molecular flexibility index (Phi) is 3.62. The van der Waals surface area contributed by atoms with Crippen LogP contribution in [0, 0.1) is 13.8 Å². The van der Waals surface area contributed by atoms with E-state index in [1.165, 1.54) is 13.0 Å². The van der Waals surface area contributed by atoms with E-state index in [9.17, 15) is 18.0 Å². The van der Waals surface area contributed by atoms with Crippen molar-refractivity contribution in [3.8, 4) is 0 Å². The lowest BCUT2D eigenvalue weighted by molar-refractivity contribution is -0.138. The van der Waals surface area contributed by atoms with Crippen molar-refractivity contribution in [3.05, 3.63) is 34.4 Å². The van der Waals surface area contributed by atoms with Crippen LogP contribution in [-0.2, 0) is 10.0 Å². The van der Waals surface area contributed by atoms with Gasteiger partial charge in [0.2, 0.25) is 0 Å². The summed E-state index contributed by atoms with van der Waals surface area (Å²) in [5.74, 6) is -1.05. The average Bonchev–Trinajstić information content (AvgIpc) is 2.19. The number of alkyl halides is 3. The first kappa shape index (κ1) is 13.0. The second-order valence-electron chi connectivity index (χ2n) is 3.29. The van der Waals surface area contributed by atoms with Crippen LogP contribution >= 0.6 is 16.3 Å². The Morgan fingerprint density at radius 2 is 1.88 bits per heavy atom. The highest BCUT2D eigenvalue weighted by molar-refractivity contribution is 9.06. The van der Waals surface area contributed by atoms with E-state index < -0.39 is 23.3 Å². The standard InChI is InChI=1S/C10H8BrF3O2/c1-5-3-4-7(10(12,13)14)8(6(5)2)9(15)16-11/h3-4H,1-2H3. The van der Waals surface area contributed by atoms with Gasteiger partial charge in [0.25, 0.3) is 0 Å². The average molecular weight is 297 g/mol. The Morgan fingerprint density at radius 3 is 2.31 bits per heavy atom. The van der Waals surface area contributed by atoms with Crippen molar-refractivity contribution >= 4 is 22.2 Å². The molecular weight excluding hydrogens is 289 g/mol. The smallest absolute Gasteiger partial charge is 0.380 e. The fourth-order valence-electron chi connectivity index (χ4n) is 1.35. The monoisotopic (exact) mass is 296 g/mol. The predicted molar refractivity (Wildman–Crippen MR) is 55.3 cm³/mol. The summed E-state index contributed by atoms with van der Waals surface area (Å²) >= 11 is 2.39. The minimum atomic E-state index is -4.57. The normalized spacial score (nSPS) is 11.4. The zero-order valence-electron chi connectivity index (χ0n) is 8.48. The number of rotatable bonds is 1. The van der Waals surface area contributed by atoms with Gasteiger partial charge in [-0.1, -0.05) is 6.07 Å². The van der Waals surface area contributed by atoms with Crippen molar-refractivity contribution in [2.75, 3.05) is 0 Å². The second-order valence-corrected chi connectivity index (χ2v) is 3.62. The molecule has 16 heavy (non-hydrogen) atoms. The summed E-state index contributed by atoms with van der Waals surface area (Å²) in [4.78, 5) is 11.3. The zero-order chi connectivity index (χ0) is 12.5. The van der Waals surface area contributed by atoms with Gasteiger partial charge in [-0.15, -0.1) is 0 Å². The molecule has 0 aromatic heterocycles. The zero-order valence-corrected chi connectivity index (χ0v) is 10.1. The van der Waals surface area contributed by atoms with Gasteiger partial charge in [-0.05, 0) is 31.0 Å². The molecule has 0 aliphatic carbocycles.